The molecule has 2 rings (SSSR count). The van der Waals surface area contributed by atoms with Crippen molar-refractivity contribution in [1.29, 1.82) is 0 Å². The summed E-state index contributed by atoms with van der Waals surface area (Å²) in [5.41, 5.74) is 6.49. The number of nitrogen functional groups attached to an aromatic ring is 1. The normalized spacial score (nSPS) is 10.4. The molecule has 0 spiro atoms. The van der Waals surface area contributed by atoms with Crippen LogP contribution in [-0.2, 0) is 7.05 Å². The number of rotatable bonds is 1. The monoisotopic (exact) mass is 180 g/mol. The summed E-state index contributed by atoms with van der Waals surface area (Å²) in [5, 5.41) is 9.69. The zero-order valence-corrected chi connectivity index (χ0v) is 7.38. The third-order valence-electron chi connectivity index (χ3n) is 1.61. The number of nitrogens with two attached hydrogens (primary N) is 1. The van der Waals surface area contributed by atoms with Gasteiger partial charge in [-0.15, -0.1) is 21.5 Å². The quantitative estimate of drug-likeness (QED) is 0.715. The van der Waals surface area contributed by atoms with Crippen LogP contribution in [0.4, 0.5) is 5.69 Å². The number of anilines is 1. The first kappa shape index (κ1) is 7.30. The van der Waals surface area contributed by atoms with Gasteiger partial charge < -0.3 is 10.3 Å². The van der Waals surface area contributed by atoms with Crippen molar-refractivity contribution >= 4 is 17.0 Å². The van der Waals surface area contributed by atoms with Crippen LogP contribution in [0.2, 0.25) is 0 Å². The Bertz CT molecular complexity index is 351. The molecule has 0 unspecified atom stereocenters. The van der Waals surface area contributed by atoms with Crippen LogP contribution in [0.3, 0.4) is 0 Å². The van der Waals surface area contributed by atoms with Gasteiger partial charge in [-0.25, -0.2) is 0 Å². The van der Waals surface area contributed by atoms with Crippen molar-refractivity contribution in [2.75, 3.05) is 5.73 Å². The van der Waals surface area contributed by atoms with E-state index in [1.807, 2.05) is 23.1 Å². The molecule has 4 nitrogen and oxygen atoms in total. The minimum atomic E-state index is 0.760. The molecule has 0 radical (unpaired) electrons. The first-order chi connectivity index (χ1) is 5.79. The molecular weight excluding hydrogens is 172 g/mol. The maximum Gasteiger partial charge on any atom is 0.175 e. The second kappa shape index (κ2) is 2.60. The van der Waals surface area contributed by atoms with Crippen LogP contribution >= 0.6 is 11.3 Å². The maximum absolute atomic E-state index is 5.73. The van der Waals surface area contributed by atoms with E-state index in [0.29, 0.717) is 0 Å². The van der Waals surface area contributed by atoms with Crippen LogP contribution < -0.4 is 5.73 Å². The summed E-state index contributed by atoms with van der Waals surface area (Å²) in [6, 6.07) is 1.87. The van der Waals surface area contributed by atoms with Crippen molar-refractivity contribution in [3.8, 4) is 10.7 Å². The van der Waals surface area contributed by atoms with E-state index < -0.39 is 0 Å². The zero-order chi connectivity index (χ0) is 8.55. The van der Waals surface area contributed by atoms with Crippen LogP contribution in [-0.4, -0.2) is 14.8 Å². The summed E-state index contributed by atoms with van der Waals surface area (Å²) in [6.07, 6.45) is 1.66. The van der Waals surface area contributed by atoms with Gasteiger partial charge in [-0.3, -0.25) is 0 Å². The molecule has 5 heteroatoms. The number of hydrogen-bond donors (Lipinski definition) is 1. The Morgan fingerprint density at radius 1 is 1.58 bits per heavy atom. The van der Waals surface area contributed by atoms with Gasteiger partial charge in [-0.2, -0.15) is 0 Å². The van der Waals surface area contributed by atoms with Gasteiger partial charge in [0.15, 0.2) is 5.82 Å². The van der Waals surface area contributed by atoms with Gasteiger partial charge in [0.2, 0.25) is 0 Å². The highest BCUT2D eigenvalue weighted by atomic mass is 32.1. The summed E-state index contributed by atoms with van der Waals surface area (Å²) in [6.45, 7) is 0. The van der Waals surface area contributed by atoms with Crippen molar-refractivity contribution in [3.05, 3.63) is 17.8 Å². The highest BCUT2D eigenvalue weighted by Crippen LogP contribution is 2.28. The highest BCUT2D eigenvalue weighted by molar-refractivity contribution is 7.14. The van der Waals surface area contributed by atoms with Gasteiger partial charge in [-0.1, -0.05) is 0 Å². The van der Waals surface area contributed by atoms with E-state index in [1.54, 1.807) is 17.7 Å². The lowest BCUT2D eigenvalue weighted by Crippen LogP contribution is -1.92. The van der Waals surface area contributed by atoms with E-state index in [-0.39, 0.29) is 0 Å². The van der Waals surface area contributed by atoms with E-state index in [4.69, 9.17) is 5.73 Å². The molecule has 0 fully saturated rings. The maximum atomic E-state index is 5.73. The number of hydrogen-bond acceptors (Lipinski definition) is 4. The predicted octanol–water partition coefficient (Wildman–Crippen LogP) is 1.13. The molecule has 2 aromatic heterocycles. The van der Waals surface area contributed by atoms with Crippen LogP contribution in [0.5, 0.6) is 0 Å². The lowest BCUT2D eigenvalue weighted by molar-refractivity contribution is 0.922. The molecule has 12 heavy (non-hydrogen) atoms. The molecule has 0 atom stereocenters. The predicted molar refractivity (Wildman–Crippen MR) is 48.7 cm³/mol. The van der Waals surface area contributed by atoms with Crippen molar-refractivity contribution in [3.63, 3.8) is 0 Å². The van der Waals surface area contributed by atoms with Crippen LogP contribution in [0.15, 0.2) is 17.8 Å². The van der Waals surface area contributed by atoms with Crippen LogP contribution in [0.25, 0.3) is 10.7 Å². The molecular formula is C7H8N4S. The number of thiophene rings is 1. The summed E-state index contributed by atoms with van der Waals surface area (Å²) >= 11 is 1.57. The van der Waals surface area contributed by atoms with Crippen molar-refractivity contribution in [2.45, 2.75) is 0 Å². The molecule has 0 bridgehead atoms. The molecule has 62 valence electrons. The van der Waals surface area contributed by atoms with Crippen LogP contribution in [0.1, 0.15) is 0 Å². The zero-order valence-electron chi connectivity index (χ0n) is 6.56. The van der Waals surface area contributed by atoms with E-state index in [9.17, 15) is 0 Å². The molecule has 0 saturated carbocycles. The number of nitrogens with zero attached hydrogens (tertiary/aromatic N) is 3. The topological polar surface area (TPSA) is 56.7 Å². The average molecular weight is 180 g/mol. The Morgan fingerprint density at radius 2 is 2.42 bits per heavy atom. The Hall–Kier alpha value is -1.36. The number of aryl methyl sites for hydroxylation is 1. The smallest absolute Gasteiger partial charge is 0.175 e. The molecule has 2 aromatic rings. The molecule has 0 aliphatic rings. The fraction of sp³-hybridized carbons (Fsp3) is 0.143. The van der Waals surface area contributed by atoms with Gasteiger partial charge in [0.1, 0.15) is 6.33 Å². The lowest BCUT2D eigenvalue weighted by Gasteiger charge is -1.96. The molecule has 0 saturated heterocycles. The van der Waals surface area contributed by atoms with Crippen LogP contribution in [0, 0.1) is 0 Å². The molecule has 0 aliphatic heterocycles. The summed E-state index contributed by atoms with van der Waals surface area (Å²) in [5.74, 6) is 0.822. The molecule has 0 amide bonds. The molecule has 0 aromatic carbocycles. The second-order valence-electron chi connectivity index (χ2n) is 2.47. The van der Waals surface area contributed by atoms with Gasteiger partial charge in [0.05, 0.1) is 10.6 Å². The minimum Gasteiger partial charge on any atom is -0.397 e. The van der Waals surface area contributed by atoms with E-state index >= 15 is 0 Å². The van der Waals surface area contributed by atoms with Crippen molar-refractivity contribution in [1.82, 2.24) is 14.8 Å². The van der Waals surface area contributed by atoms with Gasteiger partial charge in [0.25, 0.3) is 0 Å². The SMILES string of the molecule is Cn1cnnc1-c1sccc1N. The minimum absolute atomic E-state index is 0.760. The fourth-order valence-corrected chi connectivity index (χ4v) is 1.83. The van der Waals surface area contributed by atoms with Gasteiger partial charge >= 0.3 is 0 Å². The summed E-state index contributed by atoms with van der Waals surface area (Å²) in [4.78, 5) is 0.981. The third-order valence-corrected chi connectivity index (χ3v) is 2.54. The largest absolute Gasteiger partial charge is 0.397 e. The Labute approximate surface area is 73.7 Å². The standard InChI is InChI=1S/C7H8N4S/c1-11-4-9-10-7(11)6-5(8)2-3-12-6/h2-4H,8H2,1H3. The lowest BCUT2D eigenvalue weighted by atomic mass is 10.4. The average Bonchev–Trinajstić information content (AvgIpc) is 2.59. The Kier molecular flexibility index (Phi) is 1.58. The van der Waals surface area contributed by atoms with E-state index in [0.717, 1.165) is 16.4 Å². The second-order valence-corrected chi connectivity index (χ2v) is 3.39. The summed E-state index contributed by atoms with van der Waals surface area (Å²) in [7, 11) is 1.90. The Balaban J connectivity index is 2.57. The summed E-state index contributed by atoms with van der Waals surface area (Å²) < 4.78 is 1.85. The van der Waals surface area contributed by atoms with Crippen molar-refractivity contribution in [2.24, 2.45) is 7.05 Å². The van der Waals surface area contributed by atoms with Gasteiger partial charge in [0, 0.05) is 7.05 Å². The third kappa shape index (κ3) is 0.984. The number of aromatic nitrogens is 3. The molecule has 0 aliphatic carbocycles. The van der Waals surface area contributed by atoms with E-state index in [2.05, 4.69) is 10.2 Å². The Morgan fingerprint density at radius 3 is 2.92 bits per heavy atom. The van der Waals surface area contributed by atoms with Gasteiger partial charge in [-0.05, 0) is 11.4 Å². The van der Waals surface area contributed by atoms with E-state index in [1.165, 1.54) is 0 Å². The first-order valence-corrected chi connectivity index (χ1v) is 4.34. The molecule has 2 heterocycles. The first-order valence-electron chi connectivity index (χ1n) is 3.46. The molecule has 2 N–H and O–H groups in total. The highest BCUT2D eigenvalue weighted by Gasteiger charge is 2.08. The van der Waals surface area contributed by atoms with Crippen molar-refractivity contribution < 1.29 is 0 Å². The fourth-order valence-electron chi connectivity index (χ4n) is 0.990.